The van der Waals surface area contributed by atoms with Gasteiger partial charge < -0.3 is 10.1 Å². The third kappa shape index (κ3) is 2.24. The summed E-state index contributed by atoms with van der Waals surface area (Å²) in [5.74, 6) is 2.16. The number of nitrogens with one attached hydrogen (secondary N) is 1. The lowest BCUT2D eigenvalue weighted by molar-refractivity contribution is 0.348. The van der Waals surface area contributed by atoms with E-state index in [0.29, 0.717) is 18.3 Å². The van der Waals surface area contributed by atoms with Crippen LogP contribution in [0.3, 0.4) is 0 Å². The highest BCUT2D eigenvalue weighted by molar-refractivity contribution is 5.28. The third-order valence-electron chi connectivity index (χ3n) is 4.55. The highest BCUT2D eigenvalue weighted by atomic mass is 19.1. The van der Waals surface area contributed by atoms with Crippen LogP contribution < -0.4 is 10.1 Å². The van der Waals surface area contributed by atoms with Gasteiger partial charge in [0.15, 0.2) is 0 Å². The fourth-order valence-corrected chi connectivity index (χ4v) is 3.53. The van der Waals surface area contributed by atoms with Crippen LogP contribution in [0.25, 0.3) is 0 Å². The van der Waals surface area contributed by atoms with Crippen molar-refractivity contribution in [3.8, 4) is 5.75 Å². The number of halogens is 1. The number of ether oxygens (including phenoxy) is 1. The molecule has 1 aromatic carbocycles. The molecule has 2 saturated carbocycles. The van der Waals surface area contributed by atoms with Crippen molar-refractivity contribution in [1.82, 2.24) is 5.32 Å². The SMILES string of the molecule is COc1ccc(CNC2CC3CCC2C3)c(F)c1. The van der Waals surface area contributed by atoms with Gasteiger partial charge in [0.05, 0.1) is 7.11 Å². The van der Waals surface area contributed by atoms with Crippen LogP contribution in [0.2, 0.25) is 0 Å². The van der Waals surface area contributed by atoms with Crippen LogP contribution in [-0.4, -0.2) is 13.2 Å². The summed E-state index contributed by atoms with van der Waals surface area (Å²) in [6, 6.07) is 5.69. The summed E-state index contributed by atoms with van der Waals surface area (Å²) in [7, 11) is 1.56. The molecular formula is C15H20FNO. The van der Waals surface area contributed by atoms with E-state index in [4.69, 9.17) is 4.74 Å². The first-order valence-electron chi connectivity index (χ1n) is 6.82. The second-order valence-corrected chi connectivity index (χ2v) is 5.62. The highest BCUT2D eigenvalue weighted by Gasteiger charge is 2.38. The Bertz CT molecular complexity index is 435. The topological polar surface area (TPSA) is 21.3 Å². The van der Waals surface area contributed by atoms with E-state index in [0.717, 1.165) is 17.4 Å². The number of rotatable bonds is 4. The van der Waals surface area contributed by atoms with Gasteiger partial charge in [0.2, 0.25) is 0 Å². The molecule has 2 nitrogen and oxygen atoms in total. The zero-order valence-electron chi connectivity index (χ0n) is 10.8. The Morgan fingerprint density at radius 2 is 2.22 bits per heavy atom. The molecule has 1 aromatic rings. The monoisotopic (exact) mass is 249 g/mol. The van der Waals surface area contributed by atoms with Gasteiger partial charge in [-0.1, -0.05) is 12.5 Å². The molecule has 3 heteroatoms. The smallest absolute Gasteiger partial charge is 0.131 e. The maximum atomic E-state index is 13.8. The predicted octanol–water partition coefficient (Wildman–Crippen LogP) is 3.11. The summed E-state index contributed by atoms with van der Waals surface area (Å²) in [6.07, 6.45) is 5.42. The first kappa shape index (κ1) is 12.0. The summed E-state index contributed by atoms with van der Waals surface area (Å²) in [4.78, 5) is 0. The van der Waals surface area contributed by atoms with Crippen molar-refractivity contribution in [2.24, 2.45) is 11.8 Å². The molecule has 0 aliphatic heterocycles. The maximum Gasteiger partial charge on any atom is 0.131 e. The fraction of sp³-hybridized carbons (Fsp3) is 0.600. The Kier molecular flexibility index (Phi) is 3.25. The van der Waals surface area contributed by atoms with Crippen LogP contribution in [0, 0.1) is 17.7 Å². The lowest BCUT2D eigenvalue weighted by Crippen LogP contribution is -2.33. The summed E-state index contributed by atoms with van der Waals surface area (Å²) in [5, 5.41) is 3.53. The molecular weight excluding hydrogens is 229 g/mol. The molecule has 0 spiro atoms. The molecule has 2 bridgehead atoms. The van der Waals surface area contributed by atoms with Crippen molar-refractivity contribution in [2.45, 2.75) is 38.3 Å². The van der Waals surface area contributed by atoms with Crippen LogP contribution >= 0.6 is 0 Å². The molecule has 0 radical (unpaired) electrons. The van der Waals surface area contributed by atoms with Crippen LogP contribution in [0.5, 0.6) is 5.75 Å². The molecule has 18 heavy (non-hydrogen) atoms. The zero-order valence-corrected chi connectivity index (χ0v) is 10.8. The molecule has 2 aliphatic rings. The molecule has 0 amide bonds. The molecule has 3 atom stereocenters. The van der Waals surface area contributed by atoms with Gasteiger partial charge in [-0.3, -0.25) is 0 Å². The number of fused-ring (bicyclic) bond motifs is 2. The van der Waals surface area contributed by atoms with Crippen LogP contribution in [0.1, 0.15) is 31.2 Å². The van der Waals surface area contributed by atoms with Gasteiger partial charge in [0.1, 0.15) is 11.6 Å². The molecule has 3 unspecified atom stereocenters. The average molecular weight is 249 g/mol. The van der Waals surface area contributed by atoms with E-state index in [2.05, 4.69) is 5.32 Å². The van der Waals surface area contributed by atoms with Gasteiger partial charge in [-0.05, 0) is 37.2 Å². The van der Waals surface area contributed by atoms with E-state index < -0.39 is 0 Å². The minimum Gasteiger partial charge on any atom is -0.497 e. The molecule has 1 N–H and O–H groups in total. The minimum absolute atomic E-state index is 0.176. The van der Waals surface area contributed by atoms with Crippen molar-refractivity contribution in [3.05, 3.63) is 29.6 Å². The van der Waals surface area contributed by atoms with Crippen LogP contribution in [-0.2, 0) is 6.54 Å². The third-order valence-corrected chi connectivity index (χ3v) is 4.55. The summed E-state index contributed by atoms with van der Waals surface area (Å²) >= 11 is 0. The molecule has 2 fully saturated rings. The highest BCUT2D eigenvalue weighted by Crippen LogP contribution is 2.44. The first-order chi connectivity index (χ1) is 8.76. The van der Waals surface area contributed by atoms with E-state index >= 15 is 0 Å². The van der Waals surface area contributed by atoms with Gasteiger partial charge in [-0.15, -0.1) is 0 Å². The average Bonchev–Trinajstić information content (AvgIpc) is 2.99. The standard InChI is InChI=1S/C15H20FNO/c1-18-13-5-4-12(14(16)8-13)9-17-15-7-10-2-3-11(15)6-10/h4-5,8,10-11,15,17H,2-3,6-7,9H2,1H3. The molecule has 0 heterocycles. The maximum absolute atomic E-state index is 13.8. The first-order valence-corrected chi connectivity index (χ1v) is 6.82. The lowest BCUT2D eigenvalue weighted by atomic mass is 9.95. The number of benzene rings is 1. The minimum atomic E-state index is -0.176. The second kappa shape index (κ2) is 4.88. The van der Waals surface area contributed by atoms with Gasteiger partial charge in [-0.25, -0.2) is 4.39 Å². The summed E-state index contributed by atoms with van der Waals surface area (Å²) in [6.45, 7) is 0.629. The van der Waals surface area contributed by atoms with E-state index in [1.54, 1.807) is 7.11 Å². The number of hydrogen-bond acceptors (Lipinski definition) is 2. The van der Waals surface area contributed by atoms with Crippen molar-refractivity contribution >= 4 is 0 Å². The lowest BCUT2D eigenvalue weighted by Gasteiger charge is -2.23. The van der Waals surface area contributed by atoms with Gasteiger partial charge in [0.25, 0.3) is 0 Å². The number of methoxy groups -OCH3 is 1. The molecule has 98 valence electrons. The van der Waals surface area contributed by atoms with Gasteiger partial charge >= 0.3 is 0 Å². The largest absolute Gasteiger partial charge is 0.497 e. The second-order valence-electron chi connectivity index (χ2n) is 5.62. The number of hydrogen-bond donors (Lipinski definition) is 1. The van der Waals surface area contributed by atoms with E-state index in [9.17, 15) is 4.39 Å². The van der Waals surface area contributed by atoms with Gasteiger partial charge in [0, 0.05) is 24.2 Å². The summed E-state index contributed by atoms with van der Waals surface area (Å²) < 4.78 is 18.8. The Morgan fingerprint density at radius 3 is 2.83 bits per heavy atom. The molecule has 3 rings (SSSR count). The van der Waals surface area contributed by atoms with Crippen LogP contribution in [0.4, 0.5) is 4.39 Å². The normalized spacial score (nSPS) is 29.8. The quantitative estimate of drug-likeness (QED) is 0.885. The van der Waals surface area contributed by atoms with E-state index in [-0.39, 0.29) is 5.82 Å². The fourth-order valence-electron chi connectivity index (χ4n) is 3.53. The van der Waals surface area contributed by atoms with Crippen molar-refractivity contribution in [2.75, 3.05) is 7.11 Å². The Morgan fingerprint density at radius 1 is 1.33 bits per heavy atom. The van der Waals surface area contributed by atoms with Gasteiger partial charge in [-0.2, -0.15) is 0 Å². The van der Waals surface area contributed by atoms with Crippen molar-refractivity contribution in [3.63, 3.8) is 0 Å². The Labute approximate surface area is 108 Å². The Hall–Kier alpha value is -1.09. The van der Waals surface area contributed by atoms with E-state index in [1.165, 1.54) is 31.7 Å². The molecule has 0 saturated heterocycles. The Balaban J connectivity index is 1.60. The zero-order chi connectivity index (χ0) is 12.5. The summed E-state index contributed by atoms with van der Waals surface area (Å²) in [5.41, 5.74) is 0.735. The van der Waals surface area contributed by atoms with Crippen LogP contribution in [0.15, 0.2) is 18.2 Å². The molecule has 0 aromatic heterocycles. The van der Waals surface area contributed by atoms with E-state index in [1.807, 2.05) is 12.1 Å². The predicted molar refractivity (Wildman–Crippen MR) is 69.0 cm³/mol. The van der Waals surface area contributed by atoms with Crippen molar-refractivity contribution < 1.29 is 9.13 Å². The van der Waals surface area contributed by atoms with Crippen molar-refractivity contribution in [1.29, 1.82) is 0 Å². The molecule has 2 aliphatic carbocycles.